The molecule has 0 radical (unpaired) electrons. The summed E-state index contributed by atoms with van der Waals surface area (Å²) in [5.41, 5.74) is 13.5. The van der Waals surface area contributed by atoms with Crippen LogP contribution in [0.3, 0.4) is 0 Å². The highest BCUT2D eigenvalue weighted by atomic mass is 19.1. The van der Waals surface area contributed by atoms with Gasteiger partial charge in [-0.05, 0) is 206 Å². The molecule has 5 fully saturated rings. The summed E-state index contributed by atoms with van der Waals surface area (Å²) < 4.78 is 40.0. The van der Waals surface area contributed by atoms with E-state index >= 15 is 0 Å². The van der Waals surface area contributed by atoms with Gasteiger partial charge in [0, 0.05) is 45.3 Å². The number of piperidine rings is 3. The quantitative estimate of drug-likeness (QED) is 0.121. The van der Waals surface area contributed by atoms with E-state index in [2.05, 4.69) is 137 Å². The smallest absolute Gasteiger partial charge is 0.126 e. The summed E-state index contributed by atoms with van der Waals surface area (Å²) in [7, 11) is 0. The highest BCUT2D eigenvalue weighted by Crippen LogP contribution is 2.36. The molecule has 0 amide bonds. The van der Waals surface area contributed by atoms with Crippen LogP contribution in [0.15, 0.2) is 170 Å². The Labute approximate surface area is 459 Å². The van der Waals surface area contributed by atoms with E-state index in [1.54, 1.807) is 5.56 Å². The van der Waals surface area contributed by atoms with Crippen molar-refractivity contribution >= 4 is 0 Å². The van der Waals surface area contributed by atoms with Crippen molar-refractivity contribution in [2.45, 2.75) is 121 Å². The van der Waals surface area contributed by atoms with Crippen molar-refractivity contribution in [1.82, 2.24) is 14.7 Å². The number of hydrogen-bond donors (Lipinski definition) is 0. The lowest BCUT2D eigenvalue weighted by molar-refractivity contribution is 0.179. The van der Waals surface area contributed by atoms with Crippen LogP contribution in [-0.4, -0.2) is 67.1 Å². The van der Waals surface area contributed by atoms with Crippen LogP contribution in [0.4, 0.5) is 13.2 Å². The molecule has 3 unspecified atom stereocenters. The summed E-state index contributed by atoms with van der Waals surface area (Å²) in [5, 5.41) is 0. The Morgan fingerprint density at radius 1 is 0.364 bits per heavy atom. The number of nitrogens with zero attached hydrogens (tertiary/aromatic N) is 3. The van der Waals surface area contributed by atoms with E-state index in [1.165, 1.54) is 187 Å². The molecule has 3 nitrogen and oxygen atoms in total. The van der Waals surface area contributed by atoms with Gasteiger partial charge < -0.3 is 9.80 Å². The van der Waals surface area contributed by atoms with Gasteiger partial charge in [0.25, 0.3) is 0 Å². The van der Waals surface area contributed by atoms with Gasteiger partial charge in [0.05, 0.1) is 0 Å². The number of likely N-dealkylation sites (tertiary alicyclic amines) is 3. The summed E-state index contributed by atoms with van der Waals surface area (Å²) in [5.74, 6) is 2.51. The zero-order valence-electron chi connectivity index (χ0n) is 45.8. The average Bonchev–Trinajstić information content (AvgIpc) is 4.19. The molecule has 2 saturated carbocycles. The molecule has 7 aromatic rings. The van der Waals surface area contributed by atoms with Crippen LogP contribution in [0.2, 0.25) is 0 Å². The number of hydrogen-bond acceptors (Lipinski definition) is 3. The molecule has 0 N–H and O–H groups in total. The molecule has 3 heterocycles. The van der Waals surface area contributed by atoms with E-state index in [1.807, 2.05) is 24.3 Å². The Kier molecular flexibility index (Phi) is 19.3. The molecule has 5 aliphatic rings. The maximum absolute atomic E-state index is 13.4. The van der Waals surface area contributed by atoms with Gasteiger partial charge in [-0.2, -0.15) is 0 Å². The van der Waals surface area contributed by atoms with Gasteiger partial charge in [-0.3, -0.25) is 4.90 Å². The number of aryl methyl sites for hydroxylation is 1. The molecule has 3 atom stereocenters. The molecule has 77 heavy (non-hydrogen) atoms. The van der Waals surface area contributed by atoms with Gasteiger partial charge in [0.2, 0.25) is 0 Å². The monoisotopic (exact) mass is 1030 g/mol. The largest absolute Gasteiger partial charge is 0.302 e. The highest BCUT2D eigenvalue weighted by Gasteiger charge is 2.27. The minimum atomic E-state index is -0.529. The molecule has 7 aromatic carbocycles. The molecule has 0 bridgehead atoms. The van der Waals surface area contributed by atoms with Crippen LogP contribution >= 0.6 is 0 Å². The summed E-state index contributed by atoms with van der Waals surface area (Å²) in [6.07, 6.45) is 19.2. The van der Waals surface area contributed by atoms with Crippen LogP contribution in [0.25, 0.3) is 33.4 Å². The zero-order valence-corrected chi connectivity index (χ0v) is 45.8. The molecular weight excluding hydrogens is 952 g/mol. The van der Waals surface area contributed by atoms with Crippen molar-refractivity contribution in [3.05, 3.63) is 215 Å². The third kappa shape index (κ3) is 15.5. The maximum Gasteiger partial charge on any atom is 0.126 e. The fourth-order valence-corrected chi connectivity index (χ4v) is 13.6. The third-order valence-electron chi connectivity index (χ3n) is 17.7. The maximum atomic E-state index is 13.4. The third-order valence-corrected chi connectivity index (χ3v) is 17.7. The zero-order chi connectivity index (χ0) is 52.8. The molecule has 3 aliphatic heterocycles. The van der Waals surface area contributed by atoms with Crippen LogP contribution in [0.1, 0.15) is 135 Å². The summed E-state index contributed by atoms with van der Waals surface area (Å²) in [4.78, 5) is 7.97. The highest BCUT2D eigenvalue weighted by molar-refractivity contribution is 5.68. The lowest BCUT2D eigenvalue weighted by Gasteiger charge is -2.34. The van der Waals surface area contributed by atoms with Crippen molar-refractivity contribution in [2.24, 2.45) is 11.8 Å². The second kappa shape index (κ2) is 27.2. The topological polar surface area (TPSA) is 9.72 Å². The number of benzene rings is 7. The minimum absolute atomic E-state index is 0.189. The van der Waals surface area contributed by atoms with Crippen molar-refractivity contribution in [1.29, 1.82) is 0 Å². The lowest BCUT2D eigenvalue weighted by atomic mass is 9.87. The lowest BCUT2D eigenvalue weighted by Crippen LogP contribution is -2.37. The van der Waals surface area contributed by atoms with Crippen LogP contribution in [-0.2, 0) is 6.54 Å². The fourth-order valence-electron chi connectivity index (χ4n) is 13.6. The van der Waals surface area contributed by atoms with E-state index in [4.69, 9.17) is 0 Å². The molecule has 12 rings (SSSR count). The second-order valence-corrected chi connectivity index (χ2v) is 23.4. The first-order valence-corrected chi connectivity index (χ1v) is 29.5. The van der Waals surface area contributed by atoms with Gasteiger partial charge in [0.1, 0.15) is 17.5 Å². The Morgan fingerprint density at radius 3 is 1.30 bits per heavy atom. The summed E-state index contributed by atoms with van der Waals surface area (Å²) in [6, 6.07) is 56.2. The predicted molar refractivity (Wildman–Crippen MR) is 315 cm³/mol. The molecule has 2 aliphatic carbocycles. The number of halogens is 3. The average molecular weight is 1030 g/mol. The SMILES string of the molecule is Cc1cc(C2CCCN(CC3CCCC3)C2)ccc1-c1ccccc1.Fc1cc(F)cc(-c2ccc(C3CCCN(CC4CCCC4)C3)cc2)c1.Fc1ccc(-c2ccc(C3CCCN(Cc4ccccc4)C3)cc2)cc1. The molecule has 0 spiro atoms. The summed E-state index contributed by atoms with van der Waals surface area (Å²) in [6.45, 7) is 13.2. The van der Waals surface area contributed by atoms with Crippen molar-refractivity contribution < 1.29 is 13.2 Å². The van der Waals surface area contributed by atoms with Gasteiger partial charge in [-0.15, -0.1) is 0 Å². The van der Waals surface area contributed by atoms with E-state index in [-0.39, 0.29) is 5.82 Å². The Morgan fingerprint density at radius 2 is 0.792 bits per heavy atom. The van der Waals surface area contributed by atoms with E-state index < -0.39 is 11.6 Å². The Bertz CT molecular complexity index is 2850. The molecule has 3 saturated heterocycles. The van der Waals surface area contributed by atoms with Gasteiger partial charge in [-0.1, -0.05) is 165 Å². The minimum Gasteiger partial charge on any atom is -0.302 e. The van der Waals surface area contributed by atoms with Crippen LogP contribution in [0, 0.1) is 36.2 Å². The van der Waals surface area contributed by atoms with Crippen LogP contribution in [0.5, 0.6) is 0 Å². The first kappa shape index (κ1) is 54.6. The normalized spacial score (nSPS) is 20.8. The fraction of sp³-hybridized carbons (Fsp3) is 0.408. The van der Waals surface area contributed by atoms with Crippen molar-refractivity contribution in [3.8, 4) is 33.4 Å². The molecular formula is C71H82F3N3. The Hall–Kier alpha value is -5.79. The van der Waals surface area contributed by atoms with Gasteiger partial charge >= 0.3 is 0 Å². The summed E-state index contributed by atoms with van der Waals surface area (Å²) >= 11 is 0. The van der Waals surface area contributed by atoms with Crippen molar-refractivity contribution in [2.75, 3.05) is 52.4 Å². The van der Waals surface area contributed by atoms with Gasteiger partial charge in [-0.25, -0.2) is 13.2 Å². The molecule has 402 valence electrons. The number of rotatable bonds is 12. The van der Waals surface area contributed by atoms with Crippen LogP contribution < -0.4 is 0 Å². The Balaban J connectivity index is 0.000000131. The van der Waals surface area contributed by atoms with Gasteiger partial charge in [0.15, 0.2) is 0 Å². The standard InChI is InChI=1S/C24H24FN.C24H31N.C23H27F2N/c25-24-14-12-21(13-15-24)20-8-10-22(11-9-20)23-7-4-16-26(18-23)17-19-5-2-1-3-6-19;1-19-16-22(13-14-24(19)21-10-3-2-4-11-21)23-12-7-15-25(18-23)17-20-8-5-6-9-20;24-22-12-21(13-23(25)14-22)19-9-7-18(8-10-19)20-6-3-11-26(16-20)15-17-4-1-2-5-17/h1-3,5-6,8-15,23H,4,7,16-18H2;2-4,10-11,13-14,16,20,23H,5-9,12,15,17-18H2,1H3;7-10,12-14,17,20H,1-6,11,15-16H2. The molecule has 6 heteroatoms. The van der Waals surface area contributed by atoms with Crippen molar-refractivity contribution in [3.63, 3.8) is 0 Å². The van der Waals surface area contributed by atoms with E-state index in [0.29, 0.717) is 17.4 Å². The predicted octanol–water partition coefficient (Wildman–Crippen LogP) is 17.9. The molecule has 0 aromatic heterocycles. The van der Waals surface area contributed by atoms with E-state index in [0.717, 1.165) is 60.1 Å². The first-order valence-electron chi connectivity index (χ1n) is 29.5. The first-order chi connectivity index (χ1) is 37.7. The van der Waals surface area contributed by atoms with E-state index in [9.17, 15) is 13.2 Å². The second-order valence-electron chi connectivity index (χ2n) is 23.4.